The van der Waals surface area contributed by atoms with E-state index in [0.717, 1.165) is 76.6 Å². The molecule has 6 N–H and O–H groups in total. The molecule has 6 aliphatic rings. The predicted molar refractivity (Wildman–Crippen MR) is 461 cm³/mol. The summed E-state index contributed by atoms with van der Waals surface area (Å²) in [5.41, 5.74) is 10.1. The number of hydrogen-bond acceptors (Lipinski definition) is 23. The number of rotatable bonds is 26. The minimum Gasteiger partial charge on any atom is -0.491 e. The van der Waals surface area contributed by atoms with E-state index in [9.17, 15) is 64.8 Å². The summed E-state index contributed by atoms with van der Waals surface area (Å²) in [6.07, 6.45) is 8.34. The first-order chi connectivity index (χ1) is 58.5. The topological polar surface area (TPSA) is 399 Å². The van der Waals surface area contributed by atoms with Crippen molar-refractivity contribution in [2.75, 3.05) is 49.9 Å². The van der Waals surface area contributed by atoms with E-state index in [1.54, 1.807) is 93.5 Å². The minimum atomic E-state index is -3.53. The first-order valence-corrected chi connectivity index (χ1v) is 45.0. The van der Waals surface area contributed by atoms with Gasteiger partial charge in [0.1, 0.15) is 41.8 Å². The quantitative estimate of drug-likeness (QED) is 0.0274. The first-order valence-electron chi connectivity index (χ1n) is 41.1. The predicted octanol–water partition coefficient (Wildman–Crippen LogP) is 11.4. The largest absolute Gasteiger partial charge is 0.491 e. The number of hydrogen-bond donors (Lipinski definition) is 6. The number of amides is 9. The molecule has 0 spiro atoms. The average molecular weight is 1760 g/mol. The van der Waals surface area contributed by atoms with E-state index in [1.165, 1.54) is 35.4 Å². The summed E-state index contributed by atoms with van der Waals surface area (Å²) in [5, 5.41) is 21.8. The second-order valence-corrected chi connectivity index (χ2v) is 38.1. The Morgan fingerprint density at radius 3 is 1.32 bits per heavy atom. The molecule has 14 rings (SSSR count). The van der Waals surface area contributed by atoms with Gasteiger partial charge in [0.15, 0.2) is 19.7 Å². The van der Waals surface area contributed by atoms with Crippen LogP contribution >= 0.6 is 23.2 Å². The van der Waals surface area contributed by atoms with Crippen LogP contribution in [0.15, 0.2) is 131 Å². The number of fused-ring (bicyclic) bond motifs is 2. The smallest absolute Gasteiger partial charge is 0.322 e. The van der Waals surface area contributed by atoms with Crippen LogP contribution in [0.3, 0.4) is 0 Å². The Morgan fingerprint density at radius 1 is 0.512 bits per heavy atom. The molecule has 648 valence electrons. The molecule has 0 saturated carbocycles. The lowest BCUT2D eigenvalue weighted by Gasteiger charge is -2.33. The number of benzene rings is 6. The van der Waals surface area contributed by atoms with E-state index in [0.29, 0.717) is 98.8 Å². The van der Waals surface area contributed by atoms with Gasteiger partial charge in [-0.05, 0) is 215 Å². The Labute approximate surface area is 724 Å². The number of nitrogens with zero attached hydrogens (tertiary/aromatic N) is 7. The summed E-state index contributed by atoms with van der Waals surface area (Å²) in [6.45, 7) is 21.5. The molecular weight excluding hydrogens is 1660 g/mol. The van der Waals surface area contributed by atoms with Crippen LogP contribution in [0.5, 0.6) is 11.5 Å². The van der Waals surface area contributed by atoms with Crippen molar-refractivity contribution < 1.29 is 79.4 Å². The number of likely N-dealkylation sites (tertiary alicyclic amines) is 1. The molecule has 0 radical (unpaired) electrons. The fourth-order valence-corrected chi connectivity index (χ4v) is 19.0. The Hall–Kier alpha value is -11.4. The number of aromatic nitrogens is 4. The molecule has 4 saturated heterocycles. The SMILES string of the molecule is Cc1cc(Cc2ncc(Cl)c(Cc3ccccc3S(=O)(=O)C(C)C)n2)c(OC(C)C)cc1C1CCN(C(=O)CNc2cccc3c2C(=O)N(C2CCC(=O)NC2=O)C3=O)CC1.Cc1cc(Cc2ncc(Cl)c(Cc3ccccc3S(=O)(=O)C(C)C)n2)c(OC(C)C)cc1C1CCNCC1.O=C(O)CNc1cccc2c1C(=O)N(C1CCC(=O)NC1=O)C2=O. The standard InChI is InChI=1S/C45H49ClN6O8S.C30H38ClN3O3S.C15H13N3O6/c1-25(2)60-37-22-32(27(5)19-30(37)21-39-48-23-33(46)35(49-39)20-29-9-6-7-12-38(29)61(58,59)26(3)4)28-15-17-51(18-16-28)41(54)24-47-34-11-8-10-31-42(34)45(57)52(44(31)56)36-13-14-40(53)50-43(36)55;1-19(2)37-28-17-25(22-10-12-32-13-11-22)21(5)14-24(28)16-30-33-18-26(31)27(34-30)15-23-8-6-7-9-29(23)38(35,36)20(3)4;19-10-5-4-9(13(22)17-10)18-14(23)7-2-1-3-8(12(7)15(18)24)16-6-11(20)21/h6-12,19,22-23,25-26,28,36,47H,13-18,20-21,24H2,1-5H3,(H,50,53,55);6-9,14,17-20,22,32H,10-13,15-16H2,1-5H3;1-3,9,16H,4-6H2,(H,20,21)(H,17,19,22). The van der Waals surface area contributed by atoms with E-state index >= 15 is 0 Å². The Balaban J connectivity index is 0.000000188. The highest BCUT2D eigenvalue weighted by molar-refractivity contribution is 7.92. The number of carboxylic acid groups (broad SMARTS) is 1. The van der Waals surface area contributed by atoms with Crippen LogP contribution in [0.1, 0.15) is 228 Å². The Kier molecular flexibility index (Phi) is 28.8. The second kappa shape index (κ2) is 39.0. The molecule has 8 heterocycles. The summed E-state index contributed by atoms with van der Waals surface area (Å²) in [4.78, 5) is 146. The van der Waals surface area contributed by atoms with Crippen LogP contribution in [0, 0.1) is 13.8 Å². The maximum absolute atomic E-state index is 13.5. The Morgan fingerprint density at radius 2 is 0.919 bits per heavy atom. The van der Waals surface area contributed by atoms with E-state index in [2.05, 4.69) is 74.7 Å². The number of carbonyl (C=O) groups is 10. The van der Waals surface area contributed by atoms with Crippen molar-refractivity contribution in [2.24, 2.45) is 0 Å². The van der Waals surface area contributed by atoms with Crippen molar-refractivity contribution in [1.29, 1.82) is 0 Å². The van der Waals surface area contributed by atoms with Gasteiger partial charge < -0.3 is 35.4 Å². The Bertz CT molecular complexity index is 5730. The molecule has 33 heteroatoms. The number of carbonyl (C=O) groups excluding carboxylic acids is 9. The summed E-state index contributed by atoms with van der Waals surface area (Å²) >= 11 is 13.1. The lowest BCUT2D eigenvalue weighted by atomic mass is 9.85. The van der Waals surface area contributed by atoms with Crippen LogP contribution in [0.25, 0.3) is 0 Å². The van der Waals surface area contributed by atoms with Gasteiger partial charge in [-0.3, -0.25) is 68.4 Å². The van der Waals surface area contributed by atoms with Crippen molar-refractivity contribution in [2.45, 2.75) is 203 Å². The maximum Gasteiger partial charge on any atom is 0.322 e. The van der Waals surface area contributed by atoms with E-state index in [1.807, 2.05) is 39.8 Å². The number of carboxylic acids is 1. The molecule has 2 aromatic heterocycles. The van der Waals surface area contributed by atoms with Crippen LogP contribution in [0.2, 0.25) is 10.0 Å². The molecule has 123 heavy (non-hydrogen) atoms. The molecule has 29 nitrogen and oxygen atoms in total. The zero-order valence-corrected chi connectivity index (χ0v) is 73.2. The molecule has 2 unspecified atom stereocenters. The number of nitrogens with one attached hydrogen (secondary N) is 5. The lowest BCUT2D eigenvalue weighted by Crippen LogP contribution is -2.54. The molecule has 9 amide bonds. The fourth-order valence-electron chi connectivity index (χ4n) is 16.1. The molecule has 0 bridgehead atoms. The van der Waals surface area contributed by atoms with Gasteiger partial charge in [0, 0.05) is 86.5 Å². The summed E-state index contributed by atoms with van der Waals surface area (Å²) in [7, 11) is -6.97. The lowest BCUT2D eigenvalue weighted by molar-refractivity contribution is -0.137. The van der Waals surface area contributed by atoms with E-state index in [-0.39, 0.29) is 95.5 Å². The molecule has 6 aromatic carbocycles. The van der Waals surface area contributed by atoms with Crippen molar-refractivity contribution in [3.8, 4) is 11.5 Å². The molecule has 6 aliphatic heterocycles. The van der Waals surface area contributed by atoms with Gasteiger partial charge in [-0.25, -0.2) is 36.8 Å². The van der Waals surface area contributed by atoms with E-state index in [4.69, 9.17) is 47.8 Å². The highest BCUT2D eigenvalue weighted by Gasteiger charge is 2.48. The second-order valence-electron chi connectivity index (χ2n) is 32.4. The number of aliphatic carboxylic acids is 1. The van der Waals surface area contributed by atoms with Gasteiger partial charge in [0.05, 0.1) is 82.7 Å². The number of ether oxygens (including phenoxy) is 2. The molecule has 2 atom stereocenters. The third kappa shape index (κ3) is 20.8. The molecule has 4 fully saturated rings. The monoisotopic (exact) mass is 1750 g/mol. The number of imide groups is 4. The number of halogens is 2. The molecular formula is C90H100Cl2N12O17S2. The van der Waals surface area contributed by atoms with Gasteiger partial charge >= 0.3 is 5.97 Å². The third-order valence-corrected chi connectivity index (χ3v) is 27.6. The summed E-state index contributed by atoms with van der Waals surface area (Å²) in [5.74, 6) is -2.70. The van der Waals surface area contributed by atoms with Gasteiger partial charge in [-0.15, -0.1) is 0 Å². The fraction of sp³-hybridized carbons (Fsp3) is 0.400. The third-order valence-electron chi connectivity index (χ3n) is 22.4. The normalized spacial score (nSPS) is 17.1. The van der Waals surface area contributed by atoms with Crippen LogP contribution in [-0.2, 0) is 74.1 Å². The van der Waals surface area contributed by atoms with Gasteiger partial charge in [0.25, 0.3) is 23.6 Å². The van der Waals surface area contributed by atoms with E-state index < -0.39 is 102 Å². The highest BCUT2D eigenvalue weighted by Crippen LogP contribution is 2.40. The van der Waals surface area contributed by atoms with Crippen LogP contribution < -0.4 is 36.1 Å². The number of piperidine rings is 4. The average Bonchev–Trinajstić information content (AvgIpc) is 1.53. The zero-order valence-electron chi connectivity index (χ0n) is 70.1. The van der Waals surface area contributed by atoms with Crippen LogP contribution in [0.4, 0.5) is 11.4 Å². The minimum absolute atomic E-state index is 0.0212. The zero-order chi connectivity index (χ0) is 88.6. The van der Waals surface area contributed by atoms with Crippen molar-refractivity contribution in [3.05, 3.63) is 221 Å². The van der Waals surface area contributed by atoms with Gasteiger partial charge in [-0.1, -0.05) is 83.9 Å². The van der Waals surface area contributed by atoms with Crippen LogP contribution in [-0.4, -0.2) is 190 Å². The maximum atomic E-state index is 13.5. The van der Waals surface area contributed by atoms with Crippen molar-refractivity contribution in [3.63, 3.8) is 0 Å². The number of sulfone groups is 2. The van der Waals surface area contributed by atoms with Gasteiger partial charge in [0.2, 0.25) is 29.5 Å². The highest BCUT2D eigenvalue weighted by atomic mass is 35.5. The summed E-state index contributed by atoms with van der Waals surface area (Å²) < 4.78 is 64.8. The first kappa shape index (κ1) is 90.8. The number of aryl methyl sites for hydroxylation is 2. The van der Waals surface area contributed by atoms with Crippen molar-refractivity contribution in [1.82, 2.24) is 50.6 Å². The molecule has 0 aliphatic carbocycles. The number of anilines is 2. The summed E-state index contributed by atoms with van der Waals surface area (Å²) in [6, 6.07) is 29.7. The molecule has 8 aromatic rings. The van der Waals surface area contributed by atoms with Crippen molar-refractivity contribution >= 4 is 113 Å². The van der Waals surface area contributed by atoms with Gasteiger partial charge in [-0.2, -0.15) is 0 Å².